The number of fused-ring (bicyclic) bond motifs is 1. The summed E-state index contributed by atoms with van der Waals surface area (Å²) in [5.41, 5.74) is 11.7. The van der Waals surface area contributed by atoms with Gasteiger partial charge in [-0.1, -0.05) is 42.5 Å². The molecule has 1 aromatic heterocycles. The molecule has 35 heavy (non-hydrogen) atoms. The van der Waals surface area contributed by atoms with Gasteiger partial charge in [0.25, 0.3) is 5.91 Å². The van der Waals surface area contributed by atoms with E-state index in [2.05, 4.69) is 61.9 Å². The van der Waals surface area contributed by atoms with E-state index in [0.717, 1.165) is 63.4 Å². The number of anilines is 1. The van der Waals surface area contributed by atoms with Crippen molar-refractivity contribution < 1.29 is 9.53 Å². The van der Waals surface area contributed by atoms with Gasteiger partial charge in [-0.25, -0.2) is 9.97 Å². The van der Waals surface area contributed by atoms with Crippen LogP contribution in [-0.4, -0.2) is 60.2 Å². The molecule has 5 rings (SSSR count). The van der Waals surface area contributed by atoms with Crippen LogP contribution in [0.25, 0.3) is 11.3 Å². The molecule has 4 N–H and O–H groups in total. The number of amides is 1. The highest BCUT2D eigenvalue weighted by Crippen LogP contribution is 2.31. The summed E-state index contributed by atoms with van der Waals surface area (Å²) in [5, 5.41) is 6.61. The summed E-state index contributed by atoms with van der Waals surface area (Å²) in [5.74, 6) is -0.168. The van der Waals surface area contributed by atoms with Gasteiger partial charge in [0.15, 0.2) is 11.5 Å². The summed E-state index contributed by atoms with van der Waals surface area (Å²) in [6.07, 6.45) is 3.86. The van der Waals surface area contributed by atoms with Gasteiger partial charge in [0.1, 0.15) is 0 Å². The maximum absolute atomic E-state index is 12.8. The Labute approximate surface area is 205 Å². The van der Waals surface area contributed by atoms with Crippen molar-refractivity contribution in [2.45, 2.75) is 25.4 Å². The van der Waals surface area contributed by atoms with Crippen LogP contribution in [0.15, 0.2) is 54.7 Å². The second kappa shape index (κ2) is 10.9. The topological polar surface area (TPSA) is 105 Å². The summed E-state index contributed by atoms with van der Waals surface area (Å²) in [6.45, 7) is 5.27. The molecule has 1 atom stereocenters. The van der Waals surface area contributed by atoms with Gasteiger partial charge < -0.3 is 21.1 Å². The van der Waals surface area contributed by atoms with Crippen LogP contribution >= 0.6 is 0 Å². The first-order chi connectivity index (χ1) is 17.2. The lowest BCUT2D eigenvalue weighted by Crippen LogP contribution is -2.41. The highest BCUT2D eigenvalue weighted by atomic mass is 16.5. The van der Waals surface area contributed by atoms with Crippen LogP contribution in [0.5, 0.6) is 0 Å². The fourth-order valence-electron chi connectivity index (χ4n) is 4.79. The quantitative estimate of drug-likeness (QED) is 0.463. The Bertz CT molecular complexity index is 1180. The number of aromatic nitrogens is 2. The first kappa shape index (κ1) is 23.4. The largest absolute Gasteiger partial charge is 0.382 e. The van der Waals surface area contributed by atoms with Crippen LogP contribution in [0.4, 0.5) is 5.82 Å². The Morgan fingerprint density at radius 2 is 2.00 bits per heavy atom. The second-order valence-corrected chi connectivity index (χ2v) is 9.07. The average molecular weight is 473 g/mol. The molecule has 8 nitrogen and oxygen atoms in total. The van der Waals surface area contributed by atoms with Crippen LogP contribution in [0, 0.1) is 0 Å². The van der Waals surface area contributed by atoms with Gasteiger partial charge >= 0.3 is 0 Å². The molecule has 3 aromatic rings. The fourth-order valence-corrected chi connectivity index (χ4v) is 4.79. The molecule has 0 unspecified atom stereocenters. The number of ether oxygens (including phenoxy) is 1. The van der Waals surface area contributed by atoms with E-state index in [9.17, 15) is 4.79 Å². The molecule has 0 bridgehead atoms. The normalized spacial score (nSPS) is 17.8. The van der Waals surface area contributed by atoms with E-state index < -0.39 is 0 Å². The molecule has 1 aliphatic carbocycles. The van der Waals surface area contributed by atoms with Gasteiger partial charge in [-0.3, -0.25) is 9.69 Å². The molecule has 0 saturated carbocycles. The number of benzene rings is 2. The van der Waals surface area contributed by atoms with E-state index in [1.54, 1.807) is 6.20 Å². The highest BCUT2D eigenvalue weighted by molar-refractivity contribution is 5.96. The average Bonchev–Trinajstić information content (AvgIpc) is 3.31. The van der Waals surface area contributed by atoms with Gasteiger partial charge in [-0.15, -0.1) is 0 Å². The van der Waals surface area contributed by atoms with E-state index in [4.69, 9.17) is 10.5 Å². The van der Waals surface area contributed by atoms with Crippen molar-refractivity contribution in [2.75, 3.05) is 45.1 Å². The summed E-state index contributed by atoms with van der Waals surface area (Å²) in [4.78, 5) is 23.8. The van der Waals surface area contributed by atoms with E-state index in [1.807, 2.05) is 12.1 Å². The zero-order chi connectivity index (χ0) is 24.0. The Morgan fingerprint density at radius 3 is 2.89 bits per heavy atom. The predicted molar refractivity (Wildman–Crippen MR) is 136 cm³/mol. The van der Waals surface area contributed by atoms with Gasteiger partial charge in [0.05, 0.1) is 25.1 Å². The van der Waals surface area contributed by atoms with Crippen molar-refractivity contribution in [1.29, 1.82) is 0 Å². The second-order valence-electron chi connectivity index (χ2n) is 9.07. The summed E-state index contributed by atoms with van der Waals surface area (Å²) in [6, 6.07) is 17.2. The number of hydrogen-bond donors (Lipinski definition) is 3. The standard InChI is InChI=1S/C27H32N6O2/c28-26-25(27(34)29-10-11-33-12-14-35-15-13-33)32-24(18-31-26)21-6-3-4-19(16-21)17-30-23-9-8-20-5-1-2-7-22(20)23/h1-7,16,18,23,30H,8-15,17H2,(H2,28,31)(H,29,34)/t23-/m0/s1. The van der Waals surface area contributed by atoms with E-state index in [-0.39, 0.29) is 17.4 Å². The SMILES string of the molecule is Nc1ncc(-c2cccc(CN[C@H]3CCc4ccccc43)c2)nc1C(=O)NCCN1CCOCC1. The Morgan fingerprint density at radius 1 is 1.14 bits per heavy atom. The molecule has 1 saturated heterocycles. The molecular weight excluding hydrogens is 440 g/mol. The smallest absolute Gasteiger partial charge is 0.273 e. The Hall–Kier alpha value is -3.33. The molecule has 1 aliphatic heterocycles. The summed E-state index contributed by atoms with van der Waals surface area (Å²) in [7, 11) is 0. The zero-order valence-electron chi connectivity index (χ0n) is 19.9. The number of rotatable bonds is 8. The number of hydrogen-bond acceptors (Lipinski definition) is 7. The molecule has 0 radical (unpaired) electrons. The first-order valence-corrected chi connectivity index (χ1v) is 12.3. The molecule has 0 spiro atoms. The van der Waals surface area contributed by atoms with Crippen LogP contribution in [-0.2, 0) is 17.7 Å². The van der Waals surface area contributed by atoms with E-state index in [0.29, 0.717) is 18.3 Å². The molecule has 1 amide bonds. The molecule has 8 heteroatoms. The molecule has 2 heterocycles. The van der Waals surface area contributed by atoms with Crippen molar-refractivity contribution in [1.82, 2.24) is 25.5 Å². The van der Waals surface area contributed by atoms with Crippen molar-refractivity contribution in [3.05, 3.63) is 77.1 Å². The number of nitrogen functional groups attached to an aromatic ring is 1. The van der Waals surface area contributed by atoms with Gasteiger partial charge in [-0.2, -0.15) is 0 Å². The fraction of sp³-hybridized carbons (Fsp3) is 0.370. The lowest BCUT2D eigenvalue weighted by molar-refractivity contribution is 0.0383. The Balaban J connectivity index is 1.22. The van der Waals surface area contributed by atoms with Gasteiger partial charge in [-0.05, 0) is 35.6 Å². The third-order valence-corrected chi connectivity index (χ3v) is 6.74. The first-order valence-electron chi connectivity index (χ1n) is 12.3. The minimum atomic E-state index is -0.303. The molecule has 182 valence electrons. The van der Waals surface area contributed by atoms with Crippen LogP contribution in [0.1, 0.15) is 39.6 Å². The van der Waals surface area contributed by atoms with Gasteiger partial charge in [0, 0.05) is 44.3 Å². The van der Waals surface area contributed by atoms with Crippen LogP contribution < -0.4 is 16.4 Å². The maximum Gasteiger partial charge on any atom is 0.273 e. The van der Waals surface area contributed by atoms with Crippen LogP contribution in [0.2, 0.25) is 0 Å². The number of carbonyl (C=O) groups excluding carboxylic acids is 1. The lowest BCUT2D eigenvalue weighted by Gasteiger charge is -2.26. The monoisotopic (exact) mass is 472 g/mol. The molecule has 2 aliphatic rings. The summed E-state index contributed by atoms with van der Waals surface area (Å²) < 4.78 is 5.36. The zero-order valence-corrected chi connectivity index (χ0v) is 19.9. The lowest BCUT2D eigenvalue weighted by atomic mass is 10.1. The number of carbonyl (C=O) groups is 1. The highest BCUT2D eigenvalue weighted by Gasteiger charge is 2.21. The minimum absolute atomic E-state index is 0.135. The molecule has 1 fully saturated rings. The minimum Gasteiger partial charge on any atom is -0.382 e. The molecule has 2 aromatic carbocycles. The van der Waals surface area contributed by atoms with E-state index in [1.165, 1.54) is 11.1 Å². The number of nitrogens with two attached hydrogens (primary N) is 1. The van der Waals surface area contributed by atoms with Crippen molar-refractivity contribution in [2.24, 2.45) is 0 Å². The number of nitrogens with one attached hydrogen (secondary N) is 2. The number of morpholine rings is 1. The maximum atomic E-state index is 12.8. The van der Waals surface area contributed by atoms with Crippen molar-refractivity contribution in [3.8, 4) is 11.3 Å². The number of nitrogens with zero attached hydrogens (tertiary/aromatic N) is 3. The van der Waals surface area contributed by atoms with Crippen molar-refractivity contribution in [3.63, 3.8) is 0 Å². The third kappa shape index (κ3) is 5.67. The Kier molecular flexibility index (Phi) is 7.32. The number of aryl methyl sites for hydroxylation is 1. The predicted octanol–water partition coefficient (Wildman–Crippen LogP) is 2.56. The molecular formula is C27H32N6O2. The van der Waals surface area contributed by atoms with Gasteiger partial charge in [0.2, 0.25) is 0 Å². The van der Waals surface area contributed by atoms with Crippen LogP contribution in [0.3, 0.4) is 0 Å². The summed E-state index contributed by atoms with van der Waals surface area (Å²) >= 11 is 0. The van der Waals surface area contributed by atoms with E-state index >= 15 is 0 Å². The van der Waals surface area contributed by atoms with Crippen molar-refractivity contribution >= 4 is 11.7 Å². The third-order valence-electron chi connectivity index (χ3n) is 6.74.